The van der Waals surface area contributed by atoms with E-state index in [9.17, 15) is 13.8 Å². The lowest BCUT2D eigenvalue weighted by Gasteiger charge is -2.19. The zero-order valence-electron chi connectivity index (χ0n) is 16.9. The van der Waals surface area contributed by atoms with Gasteiger partial charge in [0.25, 0.3) is 5.91 Å². The molecule has 0 spiro atoms. The molecule has 0 fully saturated rings. The van der Waals surface area contributed by atoms with Crippen molar-refractivity contribution >= 4 is 46.0 Å². The minimum absolute atomic E-state index is 0.0988. The highest BCUT2D eigenvalue weighted by Gasteiger charge is 2.28. The monoisotopic (exact) mass is 467 g/mol. The average Bonchev–Trinajstić information content (AvgIpc) is 2.81. The maximum atomic E-state index is 13.0. The normalized spacial score (nSPS) is 16.2. The van der Waals surface area contributed by atoms with Crippen LogP contribution in [0.5, 0.6) is 5.88 Å². The van der Waals surface area contributed by atoms with Gasteiger partial charge in [0, 0.05) is 35.0 Å². The summed E-state index contributed by atoms with van der Waals surface area (Å²) in [5.41, 5.74) is 2.51. The van der Waals surface area contributed by atoms with Crippen molar-refractivity contribution in [1.29, 1.82) is 0 Å². The fourth-order valence-corrected chi connectivity index (χ4v) is 4.22. The zero-order valence-corrected chi connectivity index (χ0v) is 18.5. The van der Waals surface area contributed by atoms with Gasteiger partial charge in [0.05, 0.1) is 12.8 Å². The smallest absolute Gasteiger partial charge is 0.251 e. The number of Topliss-reactive ketones (excluding diaryl/α,β-unsaturated/α-hetero) is 1. The van der Waals surface area contributed by atoms with Crippen molar-refractivity contribution in [3.63, 3.8) is 0 Å². The van der Waals surface area contributed by atoms with Crippen LogP contribution >= 0.6 is 11.6 Å². The standard InChI is InChI=1S/C23H18ClN3O4S/c1-31-21-9-4-15(12-25-21)13-26-23(29)16-5-8-19-18(11-16)22(28)20(32(30)27-19)10-14-2-6-17(24)7-3-14/h2-12,27H,13H2,1H3,(H,26,29)/b20-10-. The number of fused-ring (bicyclic) bond motifs is 1. The molecule has 1 aromatic heterocycles. The van der Waals surface area contributed by atoms with E-state index in [-0.39, 0.29) is 22.9 Å². The van der Waals surface area contributed by atoms with Crippen LogP contribution in [0.1, 0.15) is 31.8 Å². The maximum absolute atomic E-state index is 13.0. The van der Waals surface area contributed by atoms with Gasteiger partial charge in [-0.3, -0.25) is 9.59 Å². The van der Waals surface area contributed by atoms with Crippen molar-refractivity contribution in [2.75, 3.05) is 11.8 Å². The van der Waals surface area contributed by atoms with E-state index in [1.807, 2.05) is 0 Å². The average molecular weight is 468 g/mol. The summed E-state index contributed by atoms with van der Waals surface area (Å²) in [5, 5.41) is 3.36. The van der Waals surface area contributed by atoms with Crippen LogP contribution in [0.25, 0.3) is 6.08 Å². The van der Waals surface area contributed by atoms with Gasteiger partial charge in [0.15, 0.2) is 11.0 Å². The Balaban J connectivity index is 1.53. The van der Waals surface area contributed by atoms with E-state index >= 15 is 0 Å². The molecule has 1 atom stereocenters. The molecule has 0 saturated carbocycles. The quantitative estimate of drug-likeness (QED) is 0.553. The molecule has 2 heterocycles. The van der Waals surface area contributed by atoms with Crippen LogP contribution in [0.2, 0.25) is 5.02 Å². The summed E-state index contributed by atoms with van der Waals surface area (Å²) in [5.74, 6) is -0.256. The molecule has 0 bridgehead atoms. The van der Waals surface area contributed by atoms with Gasteiger partial charge >= 0.3 is 0 Å². The highest BCUT2D eigenvalue weighted by Crippen LogP contribution is 2.29. The lowest BCUT2D eigenvalue weighted by Crippen LogP contribution is -2.25. The van der Waals surface area contributed by atoms with Crippen molar-refractivity contribution in [2.45, 2.75) is 6.54 Å². The van der Waals surface area contributed by atoms with Crippen molar-refractivity contribution in [3.8, 4) is 5.88 Å². The van der Waals surface area contributed by atoms with E-state index < -0.39 is 16.8 Å². The Hall–Kier alpha value is -3.49. The largest absolute Gasteiger partial charge is 0.481 e. The highest BCUT2D eigenvalue weighted by molar-refractivity contribution is 7.91. The summed E-state index contributed by atoms with van der Waals surface area (Å²) in [6, 6.07) is 15.0. The van der Waals surface area contributed by atoms with E-state index in [0.29, 0.717) is 27.7 Å². The molecule has 162 valence electrons. The van der Waals surface area contributed by atoms with Crippen LogP contribution in [-0.2, 0) is 17.5 Å². The summed E-state index contributed by atoms with van der Waals surface area (Å²) in [7, 11) is -0.184. The number of amides is 1. The Kier molecular flexibility index (Phi) is 6.34. The molecule has 9 heteroatoms. The summed E-state index contributed by atoms with van der Waals surface area (Å²) in [6.07, 6.45) is 3.16. The molecular weight excluding hydrogens is 450 g/mol. The molecule has 0 aliphatic carbocycles. The molecule has 2 aromatic carbocycles. The van der Waals surface area contributed by atoms with Gasteiger partial charge in [0.2, 0.25) is 11.7 Å². The van der Waals surface area contributed by atoms with E-state index in [0.717, 1.165) is 5.56 Å². The maximum Gasteiger partial charge on any atom is 0.251 e. The van der Waals surface area contributed by atoms with Crippen LogP contribution in [0.15, 0.2) is 65.7 Å². The van der Waals surface area contributed by atoms with Crippen molar-refractivity contribution in [1.82, 2.24) is 10.3 Å². The number of ether oxygens (including phenoxy) is 1. The number of nitrogens with one attached hydrogen (secondary N) is 2. The molecular formula is C23H18ClN3O4S. The van der Waals surface area contributed by atoms with Crippen molar-refractivity contribution in [3.05, 3.63) is 93.0 Å². The van der Waals surface area contributed by atoms with Gasteiger partial charge in [-0.1, -0.05) is 29.8 Å². The number of pyridine rings is 1. The third-order valence-corrected chi connectivity index (χ3v) is 6.14. The molecule has 0 radical (unpaired) electrons. The number of halogens is 1. The predicted octanol–water partition coefficient (Wildman–Crippen LogP) is 3.99. The molecule has 1 unspecified atom stereocenters. The molecule has 3 aromatic rings. The lowest BCUT2D eigenvalue weighted by atomic mass is 10.0. The third-order valence-electron chi connectivity index (χ3n) is 4.78. The Morgan fingerprint density at radius 3 is 2.66 bits per heavy atom. The summed E-state index contributed by atoms with van der Waals surface area (Å²) in [6.45, 7) is 0.269. The Morgan fingerprint density at radius 1 is 1.19 bits per heavy atom. The predicted molar refractivity (Wildman–Crippen MR) is 124 cm³/mol. The van der Waals surface area contributed by atoms with Gasteiger partial charge in [-0.15, -0.1) is 0 Å². The number of ketones is 1. The van der Waals surface area contributed by atoms with Crippen molar-refractivity contribution in [2.24, 2.45) is 0 Å². The fourth-order valence-electron chi connectivity index (χ4n) is 3.08. The number of anilines is 1. The van der Waals surface area contributed by atoms with Crippen LogP contribution in [0.4, 0.5) is 5.69 Å². The number of carbonyl (C=O) groups excluding carboxylic acids is 2. The fraction of sp³-hybridized carbons (Fsp3) is 0.0870. The van der Waals surface area contributed by atoms with Gasteiger partial charge in [-0.05, 0) is 47.5 Å². The summed E-state index contributed by atoms with van der Waals surface area (Å²) >= 11 is 5.90. The first-order chi connectivity index (χ1) is 15.4. The number of benzene rings is 2. The Morgan fingerprint density at radius 2 is 1.97 bits per heavy atom. The van der Waals surface area contributed by atoms with E-state index in [1.165, 1.54) is 13.2 Å². The zero-order chi connectivity index (χ0) is 22.7. The number of methoxy groups -OCH3 is 1. The number of nitrogens with zero attached hydrogens (tertiary/aromatic N) is 1. The molecule has 1 aliphatic heterocycles. The lowest BCUT2D eigenvalue weighted by molar-refractivity contribution is 0.0951. The first kappa shape index (κ1) is 21.7. The van der Waals surface area contributed by atoms with E-state index in [2.05, 4.69) is 15.0 Å². The Labute approximate surface area is 192 Å². The minimum Gasteiger partial charge on any atom is -0.481 e. The van der Waals surface area contributed by atoms with Gasteiger partial charge in [-0.25, -0.2) is 9.19 Å². The van der Waals surface area contributed by atoms with Crippen molar-refractivity contribution < 1.29 is 18.5 Å². The van der Waals surface area contributed by atoms with Crippen LogP contribution < -0.4 is 14.8 Å². The number of carbonyl (C=O) groups is 2. The SMILES string of the molecule is COc1ccc(CNC(=O)c2ccc3c(c2)C(=O)/C(=C/c2ccc(Cl)cc2)S(=O)N3)cn1. The second-order valence-corrected chi connectivity index (χ2v) is 8.53. The van der Waals surface area contributed by atoms with Gasteiger partial charge in [-0.2, -0.15) is 0 Å². The van der Waals surface area contributed by atoms with Crippen LogP contribution in [0.3, 0.4) is 0 Å². The van der Waals surface area contributed by atoms with Crippen LogP contribution in [0, 0.1) is 0 Å². The van der Waals surface area contributed by atoms with Gasteiger partial charge in [0.1, 0.15) is 4.91 Å². The molecule has 2 N–H and O–H groups in total. The molecule has 1 aliphatic rings. The molecule has 1 amide bonds. The number of rotatable bonds is 5. The highest BCUT2D eigenvalue weighted by atomic mass is 35.5. The first-order valence-corrected chi connectivity index (χ1v) is 11.1. The number of aromatic nitrogens is 1. The topological polar surface area (TPSA) is 97.4 Å². The number of allylic oxidation sites excluding steroid dienone is 1. The van der Waals surface area contributed by atoms with Gasteiger partial charge < -0.3 is 14.8 Å². The number of hydrogen-bond donors (Lipinski definition) is 2. The minimum atomic E-state index is -1.71. The third kappa shape index (κ3) is 4.71. The number of hydrogen-bond acceptors (Lipinski definition) is 5. The summed E-state index contributed by atoms with van der Waals surface area (Å²) in [4.78, 5) is 29.9. The molecule has 7 nitrogen and oxygen atoms in total. The van der Waals surface area contributed by atoms with E-state index in [1.54, 1.807) is 60.8 Å². The second kappa shape index (κ2) is 9.33. The first-order valence-electron chi connectivity index (χ1n) is 9.56. The molecule has 4 rings (SSSR count). The molecule has 0 saturated heterocycles. The Bertz CT molecular complexity index is 1240. The van der Waals surface area contributed by atoms with Crippen LogP contribution in [-0.4, -0.2) is 28.0 Å². The summed E-state index contributed by atoms with van der Waals surface area (Å²) < 4.78 is 20.4. The van der Waals surface area contributed by atoms with E-state index in [4.69, 9.17) is 16.3 Å². The molecule has 32 heavy (non-hydrogen) atoms. The second-order valence-electron chi connectivity index (χ2n) is 6.91.